The van der Waals surface area contributed by atoms with Crippen molar-refractivity contribution in [1.82, 2.24) is 15.0 Å². The van der Waals surface area contributed by atoms with Gasteiger partial charge in [0.05, 0.1) is 52.5 Å². The molecule has 0 saturated carbocycles. The second-order valence-electron chi connectivity index (χ2n) is 7.33. The molecule has 0 aliphatic carbocycles. The summed E-state index contributed by atoms with van der Waals surface area (Å²) in [5.74, 6) is 0.923. The van der Waals surface area contributed by atoms with Crippen molar-refractivity contribution in [2.45, 2.75) is 37.6 Å². The van der Waals surface area contributed by atoms with Crippen LogP contribution in [0.1, 0.15) is 29.7 Å². The molecule has 166 valence electrons. The van der Waals surface area contributed by atoms with E-state index < -0.39 is 10.8 Å². The molecule has 1 N–H and O–H groups in total. The van der Waals surface area contributed by atoms with Crippen LogP contribution in [0.3, 0.4) is 0 Å². The number of imidazole rings is 1. The van der Waals surface area contributed by atoms with Gasteiger partial charge in [0, 0.05) is 36.0 Å². The lowest BCUT2D eigenvalue weighted by Crippen LogP contribution is -2.13. The Kier molecular flexibility index (Phi) is 6.40. The standard InChI is InChI=1S/C22H23N5O4S/c1-13-9-24-19(14(2)21(13)31-20(28)7-4-15-10-23-12-25-15)11-32(29)22-26-17-6-5-16(30-3)8-18(17)27-22/h5-6,8-10H,4,7,11-12H2,1-3H3,(H,26,27). The molecule has 0 spiro atoms. The molecule has 3 aromatic rings. The maximum absolute atomic E-state index is 13.0. The highest BCUT2D eigenvalue weighted by Gasteiger charge is 2.18. The number of aliphatic imine (C=N–C) groups is 2. The number of methoxy groups -OCH3 is 1. The van der Waals surface area contributed by atoms with Crippen molar-refractivity contribution in [1.29, 1.82) is 0 Å². The summed E-state index contributed by atoms with van der Waals surface area (Å²) in [6.07, 6.45) is 3.99. The largest absolute Gasteiger partial charge is 0.497 e. The van der Waals surface area contributed by atoms with Gasteiger partial charge in [0.15, 0.2) is 5.16 Å². The van der Waals surface area contributed by atoms with Crippen molar-refractivity contribution in [3.8, 4) is 11.5 Å². The van der Waals surface area contributed by atoms with Crippen LogP contribution in [0.2, 0.25) is 0 Å². The molecule has 4 rings (SSSR count). The molecular weight excluding hydrogens is 430 g/mol. The molecule has 1 atom stereocenters. The number of aryl methyl sites for hydroxylation is 1. The van der Waals surface area contributed by atoms with Crippen molar-refractivity contribution in [3.05, 3.63) is 41.2 Å². The van der Waals surface area contributed by atoms with Crippen LogP contribution in [0.25, 0.3) is 11.0 Å². The molecule has 0 amide bonds. The SMILES string of the molecule is COc1ccc2nc(S(=O)Cc3ncc(C)c(OC(=O)CCC4=NCN=C4)c3C)[nH]c2c1. The van der Waals surface area contributed by atoms with Gasteiger partial charge >= 0.3 is 5.97 Å². The number of esters is 1. The number of benzene rings is 1. The maximum atomic E-state index is 13.0. The summed E-state index contributed by atoms with van der Waals surface area (Å²) in [6, 6.07) is 5.41. The Morgan fingerprint density at radius 1 is 1.28 bits per heavy atom. The van der Waals surface area contributed by atoms with Crippen LogP contribution < -0.4 is 9.47 Å². The molecule has 10 heteroatoms. The number of carbonyl (C=O) groups is 1. The zero-order valence-corrected chi connectivity index (χ0v) is 18.9. The summed E-state index contributed by atoms with van der Waals surface area (Å²) < 4.78 is 23.8. The van der Waals surface area contributed by atoms with Gasteiger partial charge in [0.1, 0.15) is 18.2 Å². The maximum Gasteiger partial charge on any atom is 0.311 e. The molecule has 32 heavy (non-hydrogen) atoms. The molecule has 1 aromatic carbocycles. The number of ether oxygens (including phenoxy) is 2. The average molecular weight is 454 g/mol. The van der Waals surface area contributed by atoms with E-state index in [0.717, 1.165) is 16.8 Å². The second kappa shape index (κ2) is 9.39. The number of rotatable bonds is 8. The lowest BCUT2D eigenvalue weighted by Gasteiger charge is -2.13. The van der Waals surface area contributed by atoms with Crippen molar-refractivity contribution in [2.24, 2.45) is 9.98 Å². The lowest BCUT2D eigenvalue weighted by molar-refractivity contribution is -0.134. The molecule has 2 aromatic heterocycles. The average Bonchev–Trinajstić information content (AvgIpc) is 3.46. The molecule has 1 unspecified atom stereocenters. The van der Waals surface area contributed by atoms with E-state index in [1.165, 1.54) is 0 Å². The van der Waals surface area contributed by atoms with E-state index in [9.17, 15) is 9.00 Å². The van der Waals surface area contributed by atoms with E-state index in [1.54, 1.807) is 37.7 Å². The van der Waals surface area contributed by atoms with Gasteiger partial charge in [-0.25, -0.2) is 4.98 Å². The molecule has 0 fully saturated rings. The summed E-state index contributed by atoms with van der Waals surface area (Å²) in [4.78, 5) is 32.5. The van der Waals surface area contributed by atoms with E-state index in [0.29, 0.717) is 46.5 Å². The third kappa shape index (κ3) is 4.75. The monoisotopic (exact) mass is 453 g/mol. The van der Waals surface area contributed by atoms with Crippen LogP contribution in [0.5, 0.6) is 11.5 Å². The highest BCUT2D eigenvalue weighted by molar-refractivity contribution is 7.84. The number of hydrogen-bond donors (Lipinski definition) is 1. The fourth-order valence-electron chi connectivity index (χ4n) is 3.31. The molecule has 1 aliphatic heterocycles. The number of pyridine rings is 1. The molecule has 0 bridgehead atoms. The number of aromatic nitrogens is 3. The van der Waals surface area contributed by atoms with E-state index in [1.807, 2.05) is 13.8 Å². The van der Waals surface area contributed by atoms with Gasteiger partial charge in [-0.3, -0.25) is 24.0 Å². The minimum absolute atomic E-state index is 0.140. The summed E-state index contributed by atoms with van der Waals surface area (Å²) in [5, 5.41) is 0.354. The first kappa shape index (κ1) is 21.8. The Bertz CT molecular complexity index is 1260. The number of fused-ring (bicyclic) bond motifs is 1. The second-order valence-corrected chi connectivity index (χ2v) is 8.70. The fraction of sp³-hybridized carbons (Fsp3) is 0.318. The highest BCUT2D eigenvalue weighted by atomic mass is 32.2. The summed E-state index contributed by atoms with van der Waals surface area (Å²) in [7, 11) is 0.128. The van der Waals surface area contributed by atoms with Crippen LogP contribution in [-0.4, -0.2) is 50.8 Å². The fourth-order valence-corrected chi connectivity index (χ4v) is 4.41. The predicted molar refractivity (Wildman–Crippen MR) is 122 cm³/mol. The third-order valence-electron chi connectivity index (χ3n) is 5.09. The molecule has 0 radical (unpaired) electrons. The third-order valence-corrected chi connectivity index (χ3v) is 6.25. The van der Waals surface area contributed by atoms with Gasteiger partial charge in [0.2, 0.25) is 0 Å². The number of nitrogens with one attached hydrogen (secondary N) is 1. The number of H-pyrrole nitrogens is 1. The van der Waals surface area contributed by atoms with E-state index >= 15 is 0 Å². The number of hydrogen-bond acceptors (Lipinski definition) is 8. The van der Waals surface area contributed by atoms with Crippen molar-refractivity contribution in [2.75, 3.05) is 13.8 Å². The first-order valence-corrected chi connectivity index (χ1v) is 11.4. The van der Waals surface area contributed by atoms with Gasteiger partial charge < -0.3 is 14.5 Å². The minimum atomic E-state index is -1.46. The van der Waals surface area contributed by atoms with E-state index in [-0.39, 0.29) is 18.1 Å². The Morgan fingerprint density at radius 3 is 2.88 bits per heavy atom. The zero-order valence-electron chi connectivity index (χ0n) is 18.0. The van der Waals surface area contributed by atoms with Crippen LogP contribution in [-0.2, 0) is 21.3 Å². The smallest absolute Gasteiger partial charge is 0.311 e. The normalized spacial score (nSPS) is 13.9. The van der Waals surface area contributed by atoms with Crippen molar-refractivity contribution < 1.29 is 18.5 Å². The Hall–Kier alpha value is -3.40. The zero-order chi connectivity index (χ0) is 22.7. The van der Waals surface area contributed by atoms with Crippen LogP contribution in [0.4, 0.5) is 0 Å². The number of nitrogens with zero attached hydrogens (tertiary/aromatic N) is 4. The van der Waals surface area contributed by atoms with E-state index in [4.69, 9.17) is 9.47 Å². The first-order valence-electron chi connectivity index (χ1n) is 10.1. The lowest BCUT2D eigenvalue weighted by atomic mass is 10.1. The summed E-state index contributed by atoms with van der Waals surface area (Å²) in [5.41, 5.74) is 4.25. The van der Waals surface area contributed by atoms with Gasteiger partial charge in [-0.2, -0.15) is 0 Å². The topological polar surface area (TPSA) is 119 Å². The van der Waals surface area contributed by atoms with Gasteiger partial charge in [0.25, 0.3) is 0 Å². The summed E-state index contributed by atoms with van der Waals surface area (Å²) in [6.45, 7) is 4.06. The molecule has 3 heterocycles. The molecule has 1 aliphatic rings. The van der Waals surface area contributed by atoms with Crippen LogP contribution in [0, 0.1) is 13.8 Å². The van der Waals surface area contributed by atoms with E-state index in [2.05, 4.69) is 24.9 Å². The summed E-state index contributed by atoms with van der Waals surface area (Å²) >= 11 is 0. The Morgan fingerprint density at radius 2 is 2.12 bits per heavy atom. The van der Waals surface area contributed by atoms with Crippen LogP contribution >= 0.6 is 0 Å². The molecule has 9 nitrogen and oxygen atoms in total. The quantitative estimate of drug-likeness (QED) is 0.524. The highest BCUT2D eigenvalue weighted by Crippen LogP contribution is 2.27. The van der Waals surface area contributed by atoms with Crippen molar-refractivity contribution >= 4 is 39.7 Å². The van der Waals surface area contributed by atoms with Crippen LogP contribution in [0.15, 0.2) is 39.5 Å². The van der Waals surface area contributed by atoms with Gasteiger partial charge in [-0.1, -0.05) is 0 Å². The predicted octanol–water partition coefficient (Wildman–Crippen LogP) is 3.06. The minimum Gasteiger partial charge on any atom is -0.497 e. The number of carbonyl (C=O) groups excluding carboxylic acids is 1. The molecule has 0 saturated heterocycles. The molecular formula is C22H23N5O4S. The van der Waals surface area contributed by atoms with Gasteiger partial charge in [-0.15, -0.1) is 0 Å². The number of aromatic amines is 1. The van der Waals surface area contributed by atoms with Gasteiger partial charge in [-0.05, 0) is 26.0 Å². The first-order chi connectivity index (χ1) is 15.4. The Balaban J connectivity index is 1.48. The van der Waals surface area contributed by atoms with Crippen molar-refractivity contribution in [3.63, 3.8) is 0 Å². The Labute approximate surface area is 187 Å².